The molecular weight excluding hydrogens is 328 g/mol. The van der Waals surface area contributed by atoms with Crippen LogP contribution in [0.15, 0.2) is 58.7 Å². The Kier molecular flexibility index (Phi) is 4.36. The van der Waals surface area contributed by atoms with Gasteiger partial charge in [-0.2, -0.15) is 16.4 Å². The molecule has 1 N–H and O–H groups in total. The summed E-state index contributed by atoms with van der Waals surface area (Å²) in [5, 5.41) is 21.0. The van der Waals surface area contributed by atoms with Crippen molar-refractivity contribution in [1.82, 2.24) is 9.78 Å². The molecule has 3 rings (SSSR count). The van der Waals surface area contributed by atoms with Gasteiger partial charge in [-0.3, -0.25) is 0 Å². The van der Waals surface area contributed by atoms with Crippen molar-refractivity contribution in [2.45, 2.75) is 6.92 Å². The van der Waals surface area contributed by atoms with E-state index in [1.54, 1.807) is 28.4 Å². The maximum Gasteiger partial charge on any atom is 0.331 e. The van der Waals surface area contributed by atoms with Crippen LogP contribution in [-0.4, -0.2) is 20.9 Å². The first-order chi connectivity index (χ1) is 11.1. The zero-order chi connectivity index (χ0) is 16.4. The summed E-state index contributed by atoms with van der Waals surface area (Å²) in [6.07, 6.45) is 0. The molecule has 2 heterocycles. The number of hydrogen-bond donors (Lipinski definition) is 1. The van der Waals surface area contributed by atoms with Crippen LogP contribution in [0, 0.1) is 0 Å². The number of benzene rings is 1. The molecule has 0 saturated carbocycles. The zero-order valence-electron chi connectivity index (χ0n) is 12.4. The molecule has 4 nitrogen and oxygen atoms in total. The average molecular weight is 342 g/mol. The maximum absolute atomic E-state index is 10.9. The fourth-order valence-electron chi connectivity index (χ4n) is 2.13. The average Bonchev–Trinajstić information content (AvgIpc) is 3.19. The van der Waals surface area contributed by atoms with Crippen LogP contribution in [0.2, 0.25) is 0 Å². The zero-order valence-corrected chi connectivity index (χ0v) is 14.0. The fraction of sp³-hybridized carbons (Fsp3) is 0.0588. The molecule has 0 atom stereocenters. The quantitative estimate of drug-likeness (QED) is 0.669. The smallest absolute Gasteiger partial charge is 0.331 e. The number of para-hydroxylation sites is 1. The van der Waals surface area contributed by atoms with Crippen LogP contribution < -0.4 is 0 Å². The highest BCUT2D eigenvalue weighted by atomic mass is 32.2. The highest BCUT2D eigenvalue weighted by Crippen LogP contribution is 2.33. The Morgan fingerprint density at radius 2 is 2.17 bits per heavy atom. The minimum Gasteiger partial charge on any atom is -0.478 e. The summed E-state index contributed by atoms with van der Waals surface area (Å²) in [5.74, 6) is -0.936. The van der Waals surface area contributed by atoms with Gasteiger partial charge in [0.25, 0.3) is 0 Å². The number of carboxylic acid groups (broad SMARTS) is 1. The van der Waals surface area contributed by atoms with Gasteiger partial charge < -0.3 is 5.11 Å². The number of carboxylic acids is 1. The van der Waals surface area contributed by atoms with Gasteiger partial charge in [0, 0.05) is 21.9 Å². The first-order valence-corrected chi connectivity index (χ1v) is 8.66. The lowest BCUT2D eigenvalue weighted by atomic mass is 10.1. The SMILES string of the molecule is C=C(S/C=C(\C)C(=O)O)n1nc(-c2ccsc2)c2ccccc21. The molecule has 0 bridgehead atoms. The number of thioether (sulfide) groups is 1. The predicted octanol–water partition coefficient (Wildman–Crippen LogP) is 4.91. The summed E-state index contributed by atoms with van der Waals surface area (Å²) in [4.78, 5) is 10.9. The van der Waals surface area contributed by atoms with Gasteiger partial charge in [-0.25, -0.2) is 9.48 Å². The topological polar surface area (TPSA) is 55.1 Å². The Morgan fingerprint density at radius 3 is 2.87 bits per heavy atom. The van der Waals surface area contributed by atoms with Crippen LogP contribution in [0.4, 0.5) is 0 Å². The molecule has 23 heavy (non-hydrogen) atoms. The lowest BCUT2D eigenvalue weighted by molar-refractivity contribution is -0.132. The van der Waals surface area contributed by atoms with Crippen molar-refractivity contribution in [3.05, 3.63) is 58.7 Å². The fourth-order valence-corrected chi connectivity index (χ4v) is 3.42. The normalized spacial score (nSPS) is 11.8. The van der Waals surface area contributed by atoms with Gasteiger partial charge in [0.1, 0.15) is 5.69 Å². The Morgan fingerprint density at radius 1 is 1.39 bits per heavy atom. The predicted molar refractivity (Wildman–Crippen MR) is 97.4 cm³/mol. The lowest BCUT2D eigenvalue weighted by Gasteiger charge is -2.04. The molecule has 0 aliphatic heterocycles. The summed E-state index contributed by atoms with van der Waals surface area (Å²) < 4.78 is 1.76. The van der Waals surface area contributed by atoms with E-state index in [2.05, 4.69) is 17.1 Å². The Labute approximate surface area is 141 Å². The van der Waals surface area contributed by atoms with Crippen molar-refractivity contribution >= 4 is 45.0 Å². The molecular formula is C17H14N2O2S2. The van der Waals surface area contributed by atoms with E-state index in [4.69, 9.17) is 5.11 Å². The number of hydrogen-bond acceptors (Lipinski definition) is 4. The number of thiophene rings is 1. The maximum atomic E-state index is 10.9. The number of aromatic nitrogens is 2. The Hall–Kier alpha value is -2.31. The van der Waals surface area contributed by atoms with E-state index < -0.39 is 5.97 Å². The molecule has 2 aromatic heterocycles. The van der Waals surface area contributed by atoms with Crippen molar-refractivity contribution in [3.63, 3.8) is 0 Å². The first-order valence-electron chi connectivity index (χ1n) is 6.84. The number of fused-ring (bicyclic) bond motifs is 1. The summed E-state index contributed by atoms with van der Waals surface area (Å²) in [6.45, 7) is 5.59. The second kappa shape index (κ2) is 6.44. The number of aliphatic carboxylic acids is 1. The highest BCUT2D eigenvalue weighted by Gasteiger charge is 2.14. The van der Waals surface area contributed by atoms with Crippen molar-refractivity contribution in [2.75, 3.05) is 0 Å². The van der Waals surface area contributed by atoms with E-state index in [1.165, 1.54) is 11.8 Å². The molecule has 0 radical (unpaired) electrons. The van der Waals surface area contributed by atoms with E-state index >= 15 is 0 Å². The minimum atomic E-state index is -0.936. The van der Waals surface area contributed by atoms with Gasteiger partial charge in [-0.15, -0.1) is 0 Å². The van der Waals surface area contributed by atoms with Gasteiger partial charge in [-0.05, 0) is 29.8 Å². The molecule has 0 unspecified atom stereocenters. The van der Waals surface area contributed by atoms with Crippen LogP contribution >= 0.6 is 23.1 Å². The molecule has 3 aromatic rings. The molecule has 6 heteroatoms. The summed E-state index contributed by atoms with van der Waals surface area (Å²) >= 11 is 2.88. The molecule has 0 saturated heterocycles. The third-order valence-electron chi connectivity index (χ3n) is 3.33. The van der Waals surface area contributed by atoms with Gasteiger partial charge in [0.15, 0.2) is 0 Å². The summed E-state index contributed by atoms with van der Waals surface area (Å²) in [7, 11) is 0. The van der Waals surface area contributed by atoms with E-state index in [0.717, 1.165) is 22.2 Å². The minimum absolute atomic E-state index is 0.269. The largest absolute Gasteiger partial charge is 0.478 e. The van der Waals surface area contributed by atoms with Crippen LogP contribution in [0.1, 0.15) is 6.92 Å². The second-order valence-corrected chi connectivity index (χ2v) is 6.63. The second-order valence-electron chi connectivity index (χ2n) is 4.91. The molecule has 0 spiro atoms. The van der Waals surface area contributed by atoms with Crippen LogP contribution in [0.25, 0.3) is 27.2 Å². The van der Waals surface area contributed by atoms with Crippen LogP contribution in [-0.2, 0) is 4.79 Å². The van der Waals surface area contributed by atoms with Crippen LogP contribution in [0.3, 0.4) is 0 Å². The third-order valence-corrected chi connectivity index (χ3v) is 4.93. The summed E-state index contributed by atoms with van der Waals surface area (Å²) in [6, 6.07) is 9.98. The molecule has 0 aliphatic rings. The molecule has 116 valence electrons. The van der Waals surface area contributed by atoms with Gasteiger partial charge in [0.2, 0.25) is 0 Å². The first kappa shape index (κ1) is 15.6. The number of rotatable bonds is 5. The molecule has 0 fully saturated rings. The number of nitrogens with zero attached hydrogens (tertiary/aromatic N) is 2. The van der Waals surface area contributed by atoms with Gasteiger partial charge in [-0.1, -0.05) is 36.5 Å². The van der Waals surface area contributed by atoms with E-state index in [-0.39, 0.29) is 5.57 Å². The summed E-state index contributed by atoms with van der Waals surface area (Å²) in [5.41, 5.74) is 3.20. The van der Waals surface area contributed by atoms with Gasteiger partial charge in [0.05, 0.1) is 10.5 Å². The van der Waals surface area contributed by atoms with E-state index in [1.807, 2.05) is 35.7 Å². The number of carbonyl (C=O) groups is 1. The van der Waals surface area contributed by atoms with Crippen molar-refractivity contribution < 1.29 is 9.90 Å². The lowest BCUT2D eigenvalue weighted by Crippen LogP contribution is -1.97. The standard InChI is InChI=1S/C17H14N2O2S2/c1-11(17(20)21)9-23-12(2)19-15-6-4-3-5-14(15)16(18-19)13-7-8-22-10-13/h3-10H,2H2,1H3,(H,20,21)/b11-9+. The van der Waals surface area contributed by atoms with Crippen molar-refractivity contribution in [1.29, 1.82) is 0 Å². The Bertz CT molecular complexity index is 908. The molecule has 0 amide bonds. The highest BCUT2D eigenvalue weighted by molar-refractivity contribution is 8.10. The van der Waals surface area contributed by atoms with Crippen molar-refractivity contribution in [3.8, 4) is 11.3 Å². The van der Waals surface area contributed by atoms with E-state index in [0.29, 0.717) is 5.03 Å². The monoisotopic (exact) mass is 342 g/mol. The molecule has 0 aliphatic carbocycles. The van der Waals surface area contributed by atoms with E-state index in [9.17, 15) is 4.79 Å². The molecule has 1 aromatic carbocycles. The third kappa shape index (κ3) is 3.09. The van der Waals surface area contributed by atoms with Crippen LogP contribution in [0.5, 0.6) is 0 Å². The van der Waals surface area contributed by atoms with Gasteiger partial charge >= 0.3 is 5.97 Å². The Balaban J connectivity index is 2.03. The van der Waals surface area contributed by atoms with Crippen molar-refractivity contribution in [2.24, 2.45) is 0 Å².